The molecule has 2 aliphatic carbocycles. The molecule has 3 unspecified atom stereocenters. The summed E-state index contributed by atoms with van der Waals surface area (Å²) in [4.78, 5) is 9.79. The van der Waals surface area contributed by atoms with Crippen LogP contribution in [0.1, 0.15) is 24.0 Å². The molecule has 1 spiro atoms. The van der Waals surface area contributed by atoms with E-state index in [4.69, 9.17) is 0 Å². The molecular formula is C24H23F3N4O2S2. The van der Waals surface area contributed by atoms with Crippen molar-refractivity contribution in [2.24, 2.45) is 11.8 Å². The number of hydrogen-bond acceptors (Lipinski definition) is 5. The molecule has 1 aromatic carbocycles. The maximum Gasteiger partial charge on any atom is 0.402 e. The quantitative estimate of drug-likeness (QED) is 0.554. The van der Waals surface area contributed by atoms with Gasteiger partial charge < -0.3 is 0 Å². The van der Waals surface area contributed by atoms with E-state index in [1.165, 1.54) is 0 Å². The minimum atomic E-state index is -4.58. The maximum atomic E-state index is 13.1. The second-order valence-electron chi connectivity index (χ2n) is 9.67. The third-order valence-electron chi connectivity index (χ3n) is 7.61. The van der Waals surface area contributed by atoms with Gasteiger partial charge in [-0.1, -0.05) is 18.2 Å². The minimum absolute atomic E-state index is 0.0374. The van der Waals surface area contributed by atoms with E-state index >= 15 is 0 Å². The van der Waals surface area contributed by atoms with Crippen LogP contribution in [0.2, 0.25) is 0 Å². The number of pyridine rings is 1. The Labute approximate surface area is 205 Å². The molecule has 6 rings (SSSR count). The number of hydrogen-bond donors (Lipinski definition) is 1. The van der Waals surface area contributed by atoms with Crippen molar-refractivity contribution in [3.05, 3.63) is 60.0 Å². The number of thiazole rings is 1. The van der Waals surface area contributed by atoms with Crippen molar-refractivity contribution in [1.29, 1.82) is 0 Å². The molecule has 3 heterocycles. The van der Waals surface area contributed by atoms with E-state index in [2.05, 4.69) is 26.8 Å². The van der Waals surface area contributed by atoms with Crippen LogP contribution in [-0.2, 0) is 23.1 Å². The van der Waals surface area contributed by atoms with Crippen molar-refractivity contribution in [1.82, 2.24) is 19.0 Å². The van der Waals surface area contributed by atoms with E-state index in [0.29, 0.717) is 17.1 Å². The molecule has 2 aromatic heterocycles. The van der Waals surface area contributed by atoms with Crippen LogP contribution >= 0.6 is 11.3 Å². The molecule has 184 valence electrons. The molecule has 1 N–H and O–H groups in total. The van der Waals surface area contributed by atoms with Crippen molar-refractivity contribution in [3.8, 4) is 21.0 Å². The zero-order valence-electron chi connectivity index (χ0n) is 18.6. The first-order valence-electron chi connectivity index (χ1n) is 11.5. The van der Waals surface area contributed by atoms with Gasteiger partial charge in [-0.25, -0.2) is 4.98 Å². The van der Waals surface area contributed by atoms with Gasteiger partial charge in [-0.05, 0) is 60.8 Å². The Bertz CT molecular complexity index is 1380. The zero-order valence-corrected chi connectivity index (χ0v) is 20.3. The summed E-state index contributed by atoms with van der Waals surface area (Å²) in [5.74, 6) is -0.0936. The number of fused-ring (bicyclic) bond motifs is 1. The summed E-state index contributed by atoms with van der Waals surface area (Å²) in [5, 5.41) is 0.883. The summed E-state index contributed by atoms with van der Waals surface area (Å²) in [6, 6.07) is 10.1. The molecule has 3 aromatic rings. The number of nitrogens with one attached hydrogen (secondary N) is 1. The van der Waals surface area contributed by atoms with Crippen LogP contribution in [0.15, 0.2) is 48.9 Å². The summed E-state index contributed by atoms with van der Waals surface area (Å²) < 4.78 is 67.9. The highest BCUT2D eigenvalue weighted by Crippen LogP contribution is 2.51. The average molecular weight is 521 g/mol. The average Bonchev–Trinajstić information content (AvgIpc) is 3.43. The van der Waals surface area contributed by atoms with Crippen LogP contribution in [0.25, 0.3) is 21.0 Å². The van der Waals surface area contributed by atoms with Crippen molar-refractivity contribution in [2.45, 2.75) is 37.4 Å². The van der Waals surface area contributed by atoms with Crippen molar-refractivity contribution < 1.29 is 21.6 Å². The van der Waals surface area contributed by atoms with Gasteiger partial charge in [0, 0.05) is 36.3 Å². The lowest BCUT2D eigenvalue weighted by molar-refractivity contribution is -0.136. The highest BCUT2D eigenvalue weighted by atomic mass is 32.2. The molecule has 0 amide bonds. The molecule has 0 radical (unpaired) electrons. The van der Waals surface area contributed by atoms with Crippen LogP contribution in [0.5, 0.6) is 0 Å². The fourth-order valence-electron chi connectivity index (χ4n) is 6.03. The summed E-state index contributed by atoms with van der Waals surface area (Å²) in [7, 11) is -4.18. The van der Waals surface area contributed by atoms with E-state index in [9.17, 15) is 21.6 Å². The molecule has 3 atom stereocenters. The molecule has 2 bridgehead atoms. The summed E-state index contributed by atoms with van der Waals surface area (Å²) >= 11 is 1.58. The third-order valence-corrected chi connectivity index (χ3v) is 10.3. The Hall–Kier alpha value is -2.34. The Morgan fingerprint density at radius 2 is 1.86 bits per heavy atom. The van der Waals surface area contributed by atoms with E-state index in [0.717, 1.165) is 45.0 Å². The topological polar surface area (TPSA) is 75.2 Å². The van der Waals surface area contributed by atoms with Crippen LogP contribution < -0.4 is 4.72 Å². The van der Waals surface area contributed by atoms with Gasteiger partial charge >= 0.3 is 6.18 Å². The van der Waals surface area contributed by atoms with E-state index in [1.807, 2.05) is 24.4 Å². The van der Waals surface area contributed by atoms with Gasteiger partial charge in [0.25, 0.3) is 10.2 Å². The van der Waals surface area contributed by atoms with Crippen LogP contribution in [-0.4, -0.2) is 47.5 Å². The molecule has 1 saturated heterocycles. The first kappa shape index (κ1) is 23.1. The first-order valence-corrected chi connectivity index (χ1v) is 13.7. The largest absolute Gasteiger partial charge is 0.402 e. The molecule has 1 aliphatic heterocycles. The standard InChI is InChI=1S/C24H23F3N4O2S2/c25-24(26,27)14-31-13-23(30-35(31,32)33)19-5-6-20(23)10-18-8-16(4-3-15(18)9-19)22-29-12-21(34-22)17-2-1-7-28-11-17/h1-4,7-8,11-12,19-20,30H,5-6,9-10,13-14H2. The van der Waals surface area contributed by atoms with Gasteiger partial charge in [-0.15, -0.1) is 11.3 Å². The van der Waals surface area contributed by atoms with Crippen molar-refractivity contribution in [2.75, 3.05) is 13.1 Å². The lowest BCUT2D eigenvalue weighted by Crippen LogP contribution is -2.52. The van der Waals surface area contributed by atoms with E-state index < -0.39 is 28.5 Å². The Balaban J connectivity index is 1.30. The second-order valence-corrected chi connectivity index (χ2v) is 12.4. The zero-order chi connectivity index (χ0) is 24.4. The van der Waals surface area contributed by atoms with Crippen molar-refractivity contribution in [3.63, 3.8) is 0 Å². The SMILES string of the molecule is O=S1(=O)NC2(CN1CC(F)(F)F)C1CCC2Cc2cc(-c3ncc(-c4cccnc4)s3)ccc2C1. The summed E-state index contributed by atoms with van der Waals surface area (Å²) in [6.07, 6.45) is 3.65. The maximum absolute atomic E-state index is 13.1. The lowest BCUT2D eigenvalue weighted by atomic mass is 9.79. The van der Waals surface area contributed by atoms with Gasteiger partial charge in [-0.2, -0.15) is 30.6 Å². The van der Waals surface area contributed by atoms with Crippen LogP contribution in [0.4, 0.5) is 13.2 Å². The van der Waals surface area contributed by atoms with Gasteiger partial charge in [-0.3, -0.25) is 4.98 Å². The molecule has 2 fully saturated rings. The summed E-state index contributed by atoms with van der Waals surface area (Å²) in [6.45, 7) is -1.59. The van der Waals surface area contributed by atoms with Gasteiger partial charge in [0.2, 0.25) is 0 Å². The Morgan fingerprint density at radius 1 is 1.09 bits per heavy atom. The highest BCUT2D eigenvalue weighted by Gasteiger charge is 2.60. The Morgan fingerprint density at radius 3 is 2.57 bits per heavy atom. The Kier molecular flexibility index (Phi) is 5.33. The van der Waals surface area contributed by atoms with Crippen LogP contribution in [0, 0.1) is 11.8 Å². The molecular weight excluding hydrogens is 497 g/mol. The normalized spacial score (nSPS) is 27.7. The highest BCUT2D eigenvalue weighted by molar-refractivity contribution is 7.87. The lowest BCUT2D eigenvalue weighted by Gasteiger charge is -2.33. The van der Waals surface area contributed by atoms with Gasteiger partial charge in [0.05, 0.1) is 10.4 Å². The fraction of sp³-hybridized carbons (Fsp3) is 0.417. The molecule has 35 heavy (non-hydrogen) atoms. The van der Waals surface area contributed by atoms with Crippen molar-refractivity contribution >= 4 is 21.5 Å². The summed E-state index contributed by atoms with van der Waals surface area (Å²) in [5.41, 5.74) is 3.39. The van der Waals surface area contributed by atoms with Gasteiger partial charge in [0.15, 0.2) is 0 Å². The first-order chi connectivity index (χ1) is 16.6. The number of halogens is 3. The van der Waals surface area contributed by atoms with E-state index in [1.54, 1.807) is 23.7 Å². The number of rotatable bonds is 3. The molecule has 3 aliphatic rings. The van der Waals surface area contributed by atoms with Gasteiger partial charge in [0.1, 0.15) is 11.6 Å². The fourth-order valence-corrected chi connectivity index (χ4v) is 8.64. The number of benzene rings is 1. The predicted octanol–water partition coefficient (Wildman–Crippen LogP) is 4.45. The number of alkyl halides is 3. The van der Waals surface area contributed by atoms with Crippen LogP contribution in [0.3, 0.4) is 0 Å². The smallest absolute Gasteiger partial charge is 0.264 e. The predicted molar refractivity (Wildman–Crippen MR) is 127 cm³/mol. The minimum Gasteiger partial charge on any atom is -0.264 e. The molecule has 11 heteroatoms. The monoisotopic (exact) mass is 520 g/mol. The number of nitrogens with zero attached hydrogens (tertiary/aromatic N) is 3. The van der Waals surface area contributed by atoms with E-state index in [-0.39, 0.29) is 18.4 Å². The molecule has 1 saturated carbocycles. The third kappa shape index (κ3) is 4.08. The second kappa shape index (κ2) is 8.09. The number of aromatic nitrogens is 2. The molecule has 6 nitrogen and oxygen atoms in total.